The van der Waals surface area contributed by atoms with Crippen LogP contribution in [-0.4, -0.2) is 6.54 Å². The van der Waals surface area contributed by atoms with Crippen LogP contribution in [0.25, 0.3) is 0 Å². The van der Waals surface area contributed by atoms with Crippen LogP contribution < -0.4 is 10.1 Å². The molecule has 3 rings (SSSR count). The van der Waals surface area contributed by atoms with Crippen molar-refractivity contribution >= 4 is 21.6 Å². The van der Waals surface area contributed by atoms with Gasteiger partial charge in [-0.25, -0.2) is 0 Å². The summed E-state index contributed by atoms with van der Waals surface area (Å²) in [5.74, 6) is 0.861. The van der Waals surface area contributed by atoms with Gasteiger partial charge in [0.05, 0.1) is 29.2 Å². The summed E-state index contributed by atoms with van der Waals surface area (Å²) in [4.78, 5) is 0. The van der Waals surface area contributed by atoms with Gasteiger partial charge in [-0.15, -0.1) is 0 Å². The molecule has 0 saturated heterocycles. The van der Waals surface area contributed by atoms with Crippen LogP contribution in [0.2, 0.25) is 0 Å². The summed E-state index contributed by atoms with van der Waals surface area (Å²) < 4.78 is 12.0. The van der Waals surface area contributed by atoms with Crippen molar-refractivity contribution in [3.63, 3.8) is 0 Å². The first-order valence-corrected chi connectivity index (χ1v) is 5.85. The molecule has 4 heteroatoms. The van der Waals surface area contributed by atoms with Crippen molar-refractivity contribution in [2.75, 3.05) is 11.9 Å². The molecule has 16 heavy (non-hydrogen) atoms. The molecule has 0 radical (unpaired) electrons. The lowest BCUT2D eigenvalue weighted by Gasteiger charge is -2.27. The molecule has 0 spiro atoms. The first kappa shape index (κ1) is 9.78. The zero-order chi connectivity index (χ0) is 11.0. The molecule has 1 aromatic heterocycles. The SMILES string of the molecule is Brc1cccc2c1OC(c1ccoc1)CN2. The van der Waals surface area contributed by atoms with E-state index in [0.717, 1.165) is 28.0 Å². The van der Waals surface area contributed by atoms with Crippen molar-refractivity contribution in [3.8, 4) is 5.75 Å². The number of halogens is 1. The van der Waals surface area contributed by atoms with Gasteiger partial charge in [-0.1, -0.05) is 6.07 Å². The Kier molecular flexibility index (Phi) is 2.36. The summed E-state index contributed by atoms with van der Waals surface area (Å²) in [6.07, 6.45) is 3.38. The highest BCUT2D eigenvalue weighted by Crippen LogP contribution is 2.39. The Morgan fingerprint density at radius 1 is 1.31 bits per heavy atom. The number of para-hydroxylation sites is 1. The Hall–Kier alpha value is -1.42. The molecule has 0 bridgehead atoms. The van der Waals surface area contributed by atoms with Gasteiger partial charge in [-0.2, -0.15) is 0 Å². The lowest BCUT2D eigenvalue weighted by Crippen LogP contribution is -2.23. The Labute approximate surface area is 102 Å². The lowest BCUT2D eigenvalue weighted by atomic mass is 10.1. The second-order valence-corrected chi connectivity index (χ2v) is 4.51. The summed E-state index contributed by atoms with van der Waals surface area (Å²) in [6.45, 7) is 0.753. The van der Waals surface area contributed by atoms with Crippen LogP contribution in [0.1, 0.15) is 11.7 Å². The average molecular weight is 280 g/mol. The van der Waals surface area contributed by atoms with Gasteiger partial charge in [0.25, 0.3) is 0 Å². The number of furan rings is 1. The minimum atomic E-state index is 0.00458. The van der Waals surface area contributed by atoms with E-state index in [1.807, 2.05) is 24.3 Å². The second-order valence-electron chi connectivity index (χ2n) is 3.66. The average Bonchev–Trinajstić information content (AvgIpc) is 2.83. The summed E-state index contributed by atoms with van der Waals surface area (Å²) >= 11 is 3.48. The molecule has 2 aromatic rings. The molecular weight excluding hydrogens is 270 g/mol. The predicted octanol–water partition coefficient (Wildman–Crippen LogP) is 3.59. The van der Waals surface area contributed by atoms with E-state index in [9.17, 15) is 0 Å². The van der Waals surface area contributed by atoms with Crippen molar-refractivity contribution in [2.24, 2.45) is 0 Å². The maximum Gasteiger partial charge on any atom is 0.157 e. The minimum Gasteiger partial charge on any atom is -0.480 e. The second kappa shape index (κ2) is 3.87. The third-order valence-electron chi connectivity index (χ3n) is 2.62. The van der Waals surface area contributed by atoms with Crippen LogP contribution in [0, 0.1) is 0 Å². The van der Waals surface area contributed by atoms with E-state index >= 15 is 0 Å². The molecule has 0 saturated carbocycles. The molecule has 0 fully saturated rings. The number of anilines is 1. The van der Waals surface area contributed by atoms with Crippen LogP contribution in [0.3, 0.4) is 0 Å². The Morgan fingerprint density at radius 2 is 2.25 bits per heavy atom. The fourth-order valence-electron chi connectivity index (χ4n) is 1.80. The summed E-state index contributed by atoms with van der Waals surface area (Å²) in [6, 6.07) is 7.88. The first-order chi connectivity index (χ1) is 7.84. The summed E-state index contributed by atoms with van der Waals surface area (Å²) in [5.41, 5.74) is 2.07. The molecule has 1 N–H and O–H groups in total. The molecule has 1 aromatic carbocycles. The predicted molar refractivity (Wildman–Crippen MR) is 64.7 cm³/mol. The van der Waals surface area contributed by atoms with Crippen LogP contribution in [0.5, 0.6) is 5.75 Å². The number of nitrogens with one attached hydrogen (secondary N) is 1. The third kappa shape index (κ3) is 1.59. The monoisotopic (exact) mass is 279 g/mol. The molecule has 2 heterocycles. The molecule has 1 aliphatic heterocycles. The minimum absolute atomic E-state index is 0.00458. The van der Waals surface area contributed by atoms with E-state index < -0.39 is 0 Å². The topological polar surface area (TPSA) is 34.4 Å². The van der Waals surface area contributed by atoms with Gasteiger partial charge in [0.15, 0.2) is 5.75 Å². The van der Waals surface area contributed by atoms with Crippen molar-refractivity contribution in [1.82, 2.24) is 0 Å². The van der Waals surface area contributed by atoms with Gasteiger partial charge in [-0.05, 0) is 34.1 Å². The molecule has 0 aliphatic carbocycles. The number of hydrogen-bond donors (Lipinski definition) is 1. The van der Waals surface area contributed by atoms with Gasteiger partial charge in [-0.3, -0.25) is 0 Å². The highest BCUT2D eigenvalue weighted by atomic mass is 79.9. The van der Waals surface area contributed by atoms with E-state index in [1.165, 1.54) is 0 Å². The van der Waals surface area contributed by atoms with Crippen LogP contribution in [0.4, 0.5) is 5.69 Å². The molecule has 3 nitrogen and oxygen atoms in total. The molecule has 1 atom stereocenters. The van der Waals surface area contributed by atoms with E-state index in [2.05, 4.69) is 21.2 Å². The van der Waals surface area contributed by atoms with Crippen molar-refractivity contribution in [2.45, 2.75) is 6.10 Å². The van der Waals surface area contributed by atoms with Crippen molar-refractivity contribution < 1.29 is 9.15 Å². The van der Waals surface area contributed by atoms with E-state index in [1.54, 1.807) is 12.5 Å². The van der Waals surface area contributed by atoms with Crippen LogP contribution in [-0.2, 0) is 0 Å². The van der Waals surface area contributed by atoms with Crippen LogP contribution in [0.15, 0.2) is 45.7 Å². The smallest absolute Gasteiger partial charge is 0.157 e. The summed E-state index contributed by atoms with van der Waals surface area (Å²) in [5, 5.41) is 3.35. The highest BCUT2D eigenvalue weighted by Gasteiger charge is 2.23. The Morgan fingerprint density at radius 3 is 3.06 bits per heavy atom. The standard InChI is InChI=1S/C12H10BrNO2/c13-9-2-1-3-10-12(9)16-11(6-14-10)8-4-5-15-7-8/h1-5,7,11,14H,6H2. The Bertz CT molecular complexity index is 496. The number of fused-ring (bicyclic) bond motifs is 1. The Balaban J connectivity index is 1.94. The van der Waals surface area contributed by atoms with E-state index in [-0.39, 0.29) is 6.10 Å². The lowest BCUT2D eigenvalue weighted by molar-refractivity contribution is 0.208. The quantitative estimate of drug-likeness (QED) is 0.866. The molecular formula is C12H10BrNO2. The number of benzene rings is 1. The number of hydrogen-bond acceptors (Lipinski definition) is 3. The van der Waals surface area contributed by atoms with Gasteiger partial charge in [0.2, 0.25) is 0 Å². The van der Waals surface area contributed by atoms with Gasteiger partial charge in [0.1, 0.15) is 6.10 Å². The van der Waals surface area contributed by atoms with Crippen molar-refractivity contribution in [3.05, 3.63) is 46.8 Å². The zero-order valence-corrected chi connectivity index (χ0v) is 10.0. The molecule has 82 valence electrons. The maximum atomic E-state index is 5.94. The fraction of sp³-hybridized carbons (Fsp3) is 0.167. The number of rotatable bonds is 1. The number of ether oxygens (including phenoxy) is 1. The molecule has 0 amide bonds. The molecule has 1 aliphatic rings. The normalized spacial score (nSPS) is 18.4. The largest absolute Gasteiger partial charge is 0.480 e. The van der Waals surface area contributed by atoms with Gasteiger partial charge >= 0.3 is 0 Å². The third-order valence-corrected chi connectivity index (χ3v) is 3.24. The van der Waals surface area contributed by atoms with Gasteiger partial charge in [0, 0.05) is 5.56 Å². The van der Waals surface area contributed by atoms with E-state index in [0.29, 0.717) is 0 Å². The molecule has 1 unspecified atom stereocenters. The van der Waals surface area contributed by atoms with E-state index in [4.69, 9.17) is 9.15 Å². The summed E-state index contributed by atoms with van der Waals surface area (Å²) in [7, 11) is 0. The fourth-order valence-corrected chi connectivity index (χ4v) is 2.26. The first-order valence-electron chi connectivity index (χ1n) is 5.06. The highest BCUT2D eigenvalue weighted by molar-refractivity contribution is 9.10. The van der Waals surface area contributed by atoms with Crippen molar-refractivity contribution in [1.29, 1.82) is 0 Å². The maximum absolute atomic E-state index is 5.94. The zero-order valence-electron chi connectivity index (χ0n) is 8.44. The van der Waals surface area contributed by atoms with Crippen LogP contribution >= 0.6 is 15.9 Å². The van der Waals surface area contributed by atoms with Gasteiger partial charge < -0.3 is 14.5 Å².